The molecule has 3 heterocycles. The van der Waals surface area contributed by atoms with E-state index < -0.39 is 5.91 Å². The first kappa shape index (κ1) is 25.1. The van der Waals surface area contributed by atoms with Crippen LogP contribution in [0.15, 0.2) is 79.3 Å². The van der Waals surface area contributed by atoms with E-state index in [1.165, 1.54) is 19.3 Å². The minimum Gasteiger partial charge on any atom is -0.487 e. The van der Waals surface area contributed by atoms with Gasteiger partial charge in [-0.3, -0.25) is 9.69 Å². The maximum atomic E-state index is 12.0. The second kappa shape index (κ2) is 10.2. The first-order chi connectivity index (χ1) is 18.9. The number of aromatic nitrogens is 3. The zero-order chi connectivity index (χ0) is 27.0. The lowest BCUT2D eigenvalue weighted by Gasteiger charge is -2.35. The molecule has 2 aromatic heterocycles. The molecule has 1 amide bonds. The van der Waals surface area contributed by atoms with E-state index >= 15 is 0 Å². The smallest absolute Gasteiger partial charge is 0.249 e. The van der Waals surface area contributed by atoms with Crippen molar-refractivity contribution in [3.8, 4) is 28.0 Å². The van der Waals surface area contributed by atoms with Crippen LogP contribution in [0.3, 0.4) is 0 Å². The Morgan fingerprint density at radius 1 is 0.897 bits per heavy atom. The number of ether oxygens (including phenoxy) is 1. The summed E-state index contributed by atoms with van der Waals surface area (Å²) in [6.07, 6.45) is 9.57. The maximum Gasteiger partial charge on any atom is 0.249 e. The number of rotatable bonds is 7. The van der Waals surface area contributed by atoms with Crippen molar-refractivity contribution in [3.05, 3.63) is 84.8 Å². The number of hydrogen-bond acceptors (Lipinski definition) is 5. The van der Waals surface area contributed by atoms with Crippen molar-refractivity contribution in [1.29, 1.82) is 0 Å². The van der Waals surface area contributed by atoms with Crippen molar-refractivity contribution in [2.45, 2.75) is 38.7 Å². The van der Waals surface area contributed by atoms with Crippen LogP contribution < -0.4 is 10.5 Å². The molecule has 7 heteroatoms. The van der Waals surface area contributed by atoms with Crippen molar-refractivity contribution in [2.75, 3.05) is 19.6 Å². The van der Waals surface area contributed by atoms with Crippen LogP contribution in [0, 0.1) is 0 Å². The molecule has 0 unspecified atom stereocenters. The summed E-state index contributed by atoms with van der Waals surface area (Å²) in [6, 6.07) is 19.6. The zero-order valence-corrected chi connectivity index (χ0v) is 22.4. The SMILES string of the molecule is CC(C)(CN1CCCCC1)Oc1ccc(-c2cnc3c(-c4ccc(C(N)=O)c5ccccc45)cnn3c2)cc1. The fraction of sp³-hybridized carbons (Fsp3) is 0.281. The van der Waals surface area contributed by atoms with Crippen LogP contribution in [-0.2, 0) is 0 Å². The van der Waals surface area contributed by atoms with Crippen molar-refractivity contribution in [1.82, 2.24) is 19.5 Å². The zero-order valence-electron chi connectivity index (χ0n) is 22.4. The van der Waals surface area contributed by atoms with Gasteiger partial charge in [0.25, 0.3) is 0 Å². The van der Waals surface area contributed by atoms with Crippen LogP contribution in [-0.4, -0.2) is 50.6 Å². The fourth-order valence-electron chi connectivity index (χ4n) is 5.69. The third-order valence-corrected chi connectivity index (χ3v) is 7.47. The number of likely N-dealkylation sites (tertiary alicyclic amines) is 1. The molecular formula is C32H33N5O2. The van der Waals surface area contributed by atoms with Crippen LogP contribution in [0.1, 0.15) is 43.5 Å². The summed E-state index contributed by atoms with van der Waals surface area (Å²) < 4.78 is 8.17. The number of nitrogens with zero attached hydrogens (tertiary/aromatic N) is 4. The van der Waals surface area contributed by atoms with Gasteiger partial charge in [0.1, 0.15) is 11.4 Å². The molecule has 198 valence electrons. The lowest BCUT2D eigenvalue weighted by atomic mass is 9.96. The van der Waals surface area contributed by atoms with Crippen molar-refractivity contribution in [2.24, 2.45) is 5.73 Å². The Morgan fingerprint density at radius 3 is 2.38 bits per heavy atom. The molecule has 0 spiro atoms. The second-order valence-electron chi connectivity index (χ2n) is 11.0. The van der Waals surface area contributed by atoms with Gasteiger partial charge in [0.15, 0.2) is 5.65 Å². The molecule has 2 N–H and O–H groups in total. The lowest BCUT2D eigenvalue weighted by molar-refractivity contribution is 0.0520. The summed E-state index contributed by atoms with van der Waals surface area (Å²) in [4.78, 5) is 19.2. The van der Waals surface area contributed by atoms with E-state index in [1.807, 2.05) is 61.1 Å². The molecule has 0 aliphatic carbocycles. The predicted molar refractivity (Wildman–Crippen MR) is 155 cm³/mol. The molecule has 1 aliphatic heterocycles. The van der Waals surface area contributed by atoms with Gasteiger partial charge in [-0.1, -0.05) is 48.9 Å². The summed E-state index contributed by atoms with van der Waals surface area (Å²) in [5, 5.41) is 6.36. The number of nitrogens with two attached hydrogens (primary N) is 1. The highest BCUT2D eigenvalue weighted by molar-refractivity contribution is 6.11. The molecule has 39 heavy (non-hydrogen) atoms. The number of fused-ring (bicyclic) bond motifs is 2. The predicted octanol–water partition coefficient (Wildman–Crippen LogP) is 5.96. The molecule has 0 radical (unpaired) electrons. The number of primary amides is 1. The van der Waals surface area contributed by atoms with Gasteiger partial charge in [0, 0.05) is 35.6 Å². The maximum absolute atomic E-state index is 12.0. The molecule has 1 saturated heterocycles. The molecule has 3 aromatic carbocycles. The standard InChI is InChI=1S/C32H33N5O2/c1-32(2,21-36-16-6-3-7-17-36)39-24-12-10-22(11-13-24)23-18-34-31-29(19-35-37(31)20-23)27-14-15-28(30(33)38)26-9-5-4-8-25(26)27/h4-5,8-15,18-20H,3,6-7,16-17,21H2,1-2H3,(H2,33,38). The van der Waals surface area contributed by atoms with E-state index in [2.05, 4.69) is 36.0 Å². The molecule has 0 saturated carbocycles. The highest BCUT2D eigenvalue weighted by Gasteiger charge is 2.25. The van der Waals surface area contributed by atoms with E-state index in [4.69, 9.17) is 15.5 Å². The van der Waals surface area contributed by atoms with Gasteiger partial charge < -0.3 is 10.5 Å². The summed E-state index contributed by atoms with van der Waals surface area (Å²) >= 11 is 0. The highest BCUT2D eigenvalue weighted by atomic mass is 16.5. The van der Waals surface area contributed by atoms with E-state index in [0.29, 0.717) is 5.56 Å². The van der Waals surface area contributed by atoms with E-state index in [1.54, 1.807) is 10.6 Å². The van der Waals surface area contributed by atoms with Crippen LogP contribution in [0.2, 0.25) is 0 Å². The van der Waals surface area contributed by atoms with Crippen molar-refractivity contribution >= 4 is 22.3 Å². The molecule has 1 fully saturated rings. The summed E-state index contributed by atoms with van der Waals surface area (Å²) in [5.41, 5.74) is 10.5. The average Bonchev–Trinajstić information content (AvgIpc) is 3.36. The molecule has 6 rings (SSSR count). The Kier molecular flexibility index (Phi) is 6.53. The second-order valence-corrected chi connectivity index (χ2v) is 11.0. The summed E-state index contributed by atoms with van der Waals surface area (Å²) in [7, 11) is 0. The number of benzene rings is 3. The molecule has 1 aliphatic rings. The van der Waals surface area contributed by atoms with E-state index in [0.717, 1.165) is 64.1 Å². The topological polar surface area (TPSA) is 85.7 Å². The van der Waals surface area contributed by atoms with Crippen LogP contribution >= 0.6 is 0 Å². The molecule has 7 nitrogen and oxygen atoms in total. The van der Waals surface area contributed by atoms with Gasteiger partial charge in [-0.25, -0.2) is 9.50 Å². The number of piperidine rings is 1. The summed E-state index contributed by atoms with van der Waals surface area (Å²) in [6.45, 7) is 7.56. The van der Waals surface area contributed by atoms with E-state index in [9.17, 15) is 4.79 Å². The van der Waals surface area contributed by atoms with Crippen LogP contribution in [0.25, 0.3) is 38.7 Å². The highest BCUT2D eigenvalue weighted by Crippen LogP contribution is 2.33. The Morgan fingerprint density at radius 2 is 1.64 bits per heavy atom. The van der Waals surface area contributed by atoms with Gasteiger partial charge in [-0.05, 0) is 79.9 Å². The normalized spacial score (nSPS) is 14.6. The quantitative estimate of drug-likeness (QED) is 0.287. The fourth-order valence-corrected chi connectivity index (χ4v) is 5.69. The third-order valence-electron chi connectivity index (χ3n) is 7.47. The lowest BCUT2D eigenvalue weighted by Crippen LogP contribution is -2.44. The number of carbonyl (C=O) groups excluding carboxylic acids is 1. The van der Waals surface area contributed by atoms with Gasteiger partial charge in [0.2, 0.25) is 5.91 Å². The Hall–Kier alpha value is -4.23. The van der Waals surface area contributed by atoms with Crippen LogP contribution in [0.5, 0.6) is 5.75 Å². The molecule has 0 bridgehead atoms. The van der Waals surface area contributed by atoms with Gasteiger partial charge >= 0.3 is 0 Å². The van der Waals surface area contributed by atoms with Crippen LogP contribution in [0.4, 0.5) is 0 Å². The number of hydrogen-bond donors (Lipinski definition) is 1. The number of carbonyl (C=O) groups is 1. The minimum atomic E-state index is -0.442. The Bertz CT molecular complexity index is 1650. The first-order valence-electron chi connectivity index (χ1n) is 13.6. The molecule has 0 atom stereocenters. The first-order valence-corrected chi connectivity index (χ1v) is 13.6. The summed E-state index contributed by atoms with van der Waals surface area (Å²) in [5.74, 6) is 0.421. The molecular weight excluding hydrogens is 486 g/mol. The monoisotopic (exact) mass is 519 g/mol. The molecule has 5 aromatic rings. The van der Waals surface area contributed by atoms with Gasteiger partial charge in [-0.2, -0.15) is 5.10 Å². The van der Waals surface area contributed by atoms with Crippen molar-refractivity contribution in [3.63, 3.8) is 0 Å². The number of amides is 1. The van der Waals surface area contributed by atoms with Gasteiger partial charge in [0.05, 0.1) is 6.20 Å². The van der Waals surface area contributed by atoms with Crippen molar-refractivity contribution < 1.29 is 9.53 Å². The Labute approximate surface area is 228 Å². The third kappa shape index (κ3) is 5.10. The minimum absolute atomic E-state index is 0.259. The van der Waals surface area contributed by atoms with Gasteiger partial charge in [-0.15, -0.1) is 0 Å². The average molecular weight is 520 g/mol. The largest absolute Gasteiger partial charge is 0.487 e. The Balaban J connectivity index is 1.25. The van der Waals surface area contributed by atoms with E-state index in [-0.39, 0.29) is 5.60 Å².